The van der Waals surface area contributed by atoms with Gasteiger partial charge in [-0.15, -0.1) is 0 Å². The Labute approximate surface area is 179 Å². The van der Waals surface area contributed by atoms with E-state index in [-0.39, 0.29) is 11.1 Å². The molecular weight excluding hydrogens is 476 g/mol. The first kappa shape index (κ1) is 18.3. The molecule has 0 aliphatic heterocycles. The number of H-pyrrole nitrogens is 1. The van der Waals surface area contributed by atoms with Crippen LogP contribution in [0.1, 0.15) is 11.5 Å². The van der Waals surface area contributed by atoms with Gasteiger partial charge in [0.25, 0.3) is 11.1 Å². The molecule has 29 heavy (non-hydrogen) atoms. The molecule has 0 aliphatic carbocycles. The van der Waals surface area contributed by atoms with E-state index in [2.05, 4.69) is 30.9 Å². The number of aryl methyl sites for hydroxylation is 1. The number of halogens is 1. The monoisotopic (exact) mass is 486 g/mol. The van der Waals surface area contributed by atoms with Gasteiger partial charge < -0.3 is 9.40 Å². The van der Waals surface area contributed by atoms with Crippen LogP contribution in [0.15, 0.2) is 65.1 Å². The molecule has 0 amide bonds. The van der Waals surface area contributed by atoms with Crippen molar-refractivity contribution in [2.24, 2.45) is 0 Å². The third kappa shape index (κ3) is 3.33. The number of imidazole rings is 1. The molecule has 4 aromatic heterocycles. The van der Waals surface area contributed by atoms with Crippen LogP contribution in [0, 0.1) is 6.92 Å². The summed E-state index contributed by atoms with van der Waals surface area (Å²) in [5.41, 5.74) is 1.84. The second kappa shape index (κ2) is 6.97. The average Bonchev–Trinajstić information content (AvgIpc) is 3.28. The Morgan fingerprint density at radius 3 is 2.90 bits per heavy atom. The largest absolute Gasteiger partial charge is 0.449 e. The first-order valence-corrected chi connectivity index (χ1v) is 10.9. The molecule has 7 nitrogen and oxygen atoms in total. The van der Waals surface area contributed by atoms with Crippen molar-refractivity contribution in [3.63, 3.8) is 0 Å². The lowest BCUT2D eigenvalue weighted by Gasteiger charge is -1.98. The summed E-state index contributed by atoms with van der Waals surface area (Å²) >= 11 is 5.96. The summed E-state index contributed by atoms with van der Waals surface area (Å²) in [7, 11) is 0. The summed E-state index contributed by atoms with van der Waals surface area (Å²) in [5.74, 6) is 0.514. The predicted molar refractivity (Wildman–Crippen MR) is 116 cm³/mol. The van der Waals surface area contributed by atoms with Gasteiger partial charge in [-0.25, -0.2) is 14.4 Å². The highest BCUT2D eigenvalue weighted by Gasteiger charge is 2.14. The van der Waals surface area contributed by atoms with Crippen LogP contribution in [0.2, 0.25) is 0 Å². The number of hydrogen-bond acceptors (Lipinski definition) is 7. The zero-order chi connectivity index (χ0) is 20.1. The molecular formula is C19H11BrN4O3S2. The van der Waals surface area contributed by atoms with Crippen molar-refractivity contribution in [3.8, 4) is 0 Å². The van der Waals surface area contributed by atoms with Crippen molar-refractivity contribution in [2.45, 2.75) is 17.2 Å². The standard InChI is InChI=1S/C19H11BrN4O3S2/c1-9-6-15(25)23-18(21-9)29-17-11(20)7-10(27-17)8-14-16(26)24-13-5-3-2-4-12(13)22-19(24)28-14/h2-8H,1H3,(H,21,23,25)/b14-8+. The van der Waals surface area contributed by atoms with Crippen molar-refractivity contribution in [3.05, 3.63) is 77.6 Å². The van der Waals surface area contributed by atoms with Crippen LogP contribution in [0.5, 0.6) is 0 Å². The zero-order valence-electron chi connectivity index (χ0n) is 14.8. The van der Waals surface area contributed by atoms with Gasteiger partial charge in [-0.2, -0.15) is 0 Å². The van der Waals surface area contributed by atoms with E-state index in [0.717, 1.165) is 11.0 Å². The summed E-state index contributed by atoms with van der Waals surface area (Å²) in [6.45, 7) is 1.75. The van der Waals surface area contributed by atoms with Gasteiger partial charge in [0.15, 0.2) is 15.2 Å². The van der Waals surface area contributed by atoms with Crippen LogP contribution in [0.25, 0.3) is 22.1 Å². The molecule has 0 atom stereocenters. The van der Waals surface area contributed by atoms with Crippen LogP contribution in [-0.4, -0.2) is 19.4 Å². The molecule has 0 aliphatic rings. The maximum Gasteiger partial charge on any atom is 0.275 e. The molecule has 0 unspecified atom stereocenters. The highest BCUT2D eigenvalue weighted by atomic mass is 79.9. The molecule has 0 spiro atoms. The van der Waals surface area contributed by atoms with Gasteiger partial charge in [0.1, 0.15) is 10.3 Å². The van der Waals surface area contributed by atoms with Crippen LogP contribution in [0.3, 0.4) is 0 Å². The minimum atomic E-state index is -0.223. The van der Waals surface area contributed by atoms with Crippen LogP contribution < -0.4 is 15.7 Å². The third-order valence-electron chi connectivity index (χ3n) is 4.13. The normalized spacial score (nSPS) is 12.4. The first-order valence-electron chi connectivity index (χ1n) is 8.45. The Morgan fingerprint density at radius 1 is 1.24 bits per heavy atom. The van der Waals surface area contributed by atoms with Gasteiger partial charge in [-0.1, -0.05) is 23.5 Å². The van der Waals surface area contributed by atoms with Gasteiger partial charge in [-0.05, 0) is 52.8 Å². The number of aromatic amines is 1. The van der Waals surface area contributed by atoms with Crippen LogP contribution >= 0.6 is 39.0 Å². The number of hydrogen-bond donors (Lipinski definition) is 1. The van der Waals surface area contributed by atoms with Crippen molar-refractivity contribution < 1.29 is 4.42 Å². The number of nitrogens with one attached hydrogen (secondary N) is 1. The van der Waals surface area contributed by atoms with E-state index in [1.54, 1.807) is 23.5 Å². The molecule has 5 aromatic rings. The topological polar surface area (TPSA) is 93.3 Å². The number of benzene rings is 1. The molecule has 1 aromatic carbocycles. The highest BCUT2D eigenvalue weighted by Crippen LogP contribution is 2.34. The second-order valence-electron chi connectivity index (χ2n) is 6.21. The van der Waals surface area contributed by atoms with E-state index in [4.69, 9.17) is 4.42 Å². The van der Waals surface area contributed by atoms with Gasteiger partial charge in [-0.3, -0.25) is 9.59 Å². The highest BCUT2D eigenvalue weighted by molar-refractivity contribution is 9.10. The van der Waals surface area contributed by atoms with E-state index in [9.17, 15) is 9.59 Å². The Kier molecular flexibility index (Phi) is 4.41. The number of furan rings is 1. The molecule has 10 heteroatoms. The fraction of sp³-hybridized carbons (Fsp3) is 0.0526. The molecule has 0 saturated carbocycles. The molecule has 0 radical (unpaired) electrons. The van der Waals surface area contributed by atoms with Gasteiger partial charge >= 0.3 is 0 Å². The molecule has 0 saturated heterocycles. The summed E-state index contributed by atoms with van der Waals surface area (Å²) in [6.07, 6.45) is 1.69. The van der Waals surface area contributed by atoms with E-state index < -0.39 is 0 Å². The molecule has 0 bridgehead atoms. The van der Waals surface area contributed by atoms with Crippen LogP contribution in [0.4, 0.5) is 0 Å². The van der Waals surface area contributed by atoms with E-state index in [0.29, 0.717) is 35.7 Å². The van der Waals surface area contributed by atoms with Gasteiger partial charge in [0.05, 0.1) is 15.5 Å². The average molecular weight is 487 g/mol. The predicted octanol–water partition coefficient (Wildman–Crippen LogP) is 3.36. The quantitative estimate of drug-likeness (QED) is 0.393. The molecule has 144 valence electrons. The summed E-state index contributed by atoms with van der Waals surface area (Å²) < 4.78 is 8.70. The number of aromatic nitrogens is 4. The lowest BCUT2D eigenvalue weighted by atomic mass is 10.3. The van der Waals surface area contributed by atoms with E-state index in [1.807, 2.05) is 24.3 Å². The number of rotatable bonds is 3. The minimum absolute atomic E-state index is 0.134. The molecule has 5 rings (SSSR count). The van der Waals surface area contributed by atoms with E-state index in [1.165, 1.54) is 29.2 Å². The number of nitrogens with zero attached hydrogens (tertiary/aromatic N) is 3. The Balaban J connectivity index is 1.56. The number of thiazole rings is 1. The third-order valence-corrected chi connectivity index (χ3v) is 6.83. The van der Waals surface area contributed by atoms with Crippen molar-refractivity contribution in [1.82, 2.24) is 19.4 Å². The molecule has 1 N–H and O–H groups in total. The second-order valence-corrected chi connectivity index (χ2v) is 9.04. The molecule has 0 fully saturated rings. The fourth-order valence-corrected chi connectivity index (χ4v) is 5.27. The lowest BCUT2D eigenvalue weighted by molar-refractivity contribution is 0.462. The Hall–Kier alpha value is -2.69. The number of para-hydroxylation sites is 2. The lowest BCUT2D eigenvalue weighted by Crippen LogP contribution is -2.22. The zero-order valence-corrected chi connectivity index (χ0v) is 18.0. The number of fused-ring (bicyclic) bond motifs is 3. The van der Waals surface area contributed by atoms with E-state index >= 15 is 0 Å². The minimum Gasteiger partial charge on any atom is -0.449 e. The summed E-state index contributed by atoms with van der Waals surface area (Å²) in [4.78, 5) is 36.6. The summed E-state index contributed by atoms with van der Waals surface area (Å²) in [5, 5.41) is 0.964. The maximum atomic E-state index is 12.9. The van der Waals surface area contributed by atoms with Gasteiger partial charge in [0, 0.05) is 17.8 Å². The van der Waals surface area contributed by atoms with Gasteiger partial charge in [0.2, 0.25) is 0 Å². The SMILES string of the molecule is Cc1cc(=O)[nH]c(Sc2oc(/C=c3/sc4nc5ccccc5n4c3=O)cc2Br)n1. The maximum absolute atomic E-state index is 12.9. The summed E-state index contributed by atoms with van der Waals surface area (Å²) in [6, 6.07) is 10.7. The molecule has 4 heterocycles. The Morgan fingerprint density at radius 2 is 2.07 bits per heavy atom. The first-order chi connectivity index (χ1) is 14.0. The Bertz CT molecular complexity index is 1560. The van der Waals surface area contributed by atoms with Crippen molar-refractivity contribution in [1.29, 1.82) is 0 Å². The van der Waals surface area contributed by atoms with Crippen molar-refractivity contribution in [2.75, 3.05) is 0 Å². The van der Waals surface area contributed by atoms with Crippen LogP contribution in [-0.2, 0) is 0 Å². The van der Waals surface area contributed by atoms with Crippen molar-refractivity contribution >= 4 is 61.1 Å². The smallest absolute Gasteiger partial charge is 0.275 e. The fourth-order valence-electron chi connectivity index (χ4n) is 2.94.